The minimum Gasteiger partial charge on any atom is -0.497 e. The zero-order valence-corrected chi connectivity index (χ0v) is 12.9. The molecule has 0 aromatic heterocycles. The van der Waals surface area contributed by atoms with Crippen LogP contribution in [0, 0.1) is 0 Å². The number of carbonyl (C=O) groups excluding carboxylic acids is 1. The molecule has 116 valence electrons. The van der Waals surface area contributed by atoms with E-state index < -0.39 is 0 Å². The summed E-state index contributed by atoms with van der Waals surface area (Å²) in [5.41, 5.74) is 1.52. The molecule has 0 fully saturated rings. The molecule has 2 aromatic rings. The van der Waals surface area contributed by atoms with E-state index in [1.807, 2.05) is 24.3 Å². The van der Waals surface area contributed by atoms with E-state index in [1.165, 1.54) is 0 Å². The summed E-state index contributed by atoms with van der Waals surface area (Å²) in [5.74, 6) is 1.88. The van der Waals surface area contributed by atoms with E-state index in [1.54, 1.807) is 39.5 Å². The molecule has 0 atom stereocenters. The van der Waals surface area contributed by atoms with Crippen LogP contribution in [0.1, 0.15) is 5.56 Å². The Morgan fingerprint density at radius 3 is 2.14 bits per heavy atom. The number of benzene rings is 2. The van der Waals surface area contributed by atoms with Crippen LogP contribution in [-0.4, -0.2) is 27.2 Å². The Balaban J connectivity index is 2.04. The molecule has 0 saturated carbocycles. The normalized spacial score (nSPS) is 9.95. The van der Waals surface area contributed by atoms with E-state index in [4.69, 9.17) is 14.2 Å². The number of rotatable bonds is 6. The number of amides is 1. The summed E-state index contributed by atoms with van der Waals surface area (Å²) >= 11 is 0. The molecule has 5 nitrogen and oxygen atoms in total. The summed E-state index contributed by atoms with van der Waals surface area (Å²) < 4.78 is 15.5. The molecule has 2 rings (SSSR count). The van der Waals surface area contributed by atoms with Crippen molar-refractivity contribution in [1.82, 2.24) is 0 Å². The first-order valence-electron chi connectivity index (χ1n) is 6.81. The van der Waals surface area contributed by atoms with Gasteiger partial charge in [0.05, 0.1) is 33.4 Å². The summed E-state index contributed by atoms with van der Waals surface area (Å²) in [6, 6.07) is 12.6. The molecule has 0 aliphatic heterocycles. The lowest BCUT2D eigenvalue weighted by Crippen LogP contribution is -2.15. The van der Waals surface area contributed by atoms with Gasteiger partial charge in [0.15, 0.2) is 0 Å². The van der Waals surface area contributed by atoms with Gasteiger partial charge in [-0.15, -0.1) is 0 Å². The van der Waals surface area contributed by atoms with Crippen molar-refractivity contribution < 1.29 is 19.0 Å². The van der Waals surface area contributed by atoms with E-state index in [0.717, 1.165) is 11.3 Å². The Labute approximate surface area is 129 Å². The molecule has 1 N–H and O–H groups in total. The van der Waals surface area contributed by atoms with Crippen molar-refractivity contribution >= 4 is 11.6 Å². The third-order valence-corrected chi connectivity index (χ3v) is 3.21. The van der Waals surface area contributed by atoms with Crippen LogP contribution in [0.15, 0.2) is 42.5 Å². The van der Waals surface area contributed by atoms with Gasteiger partial charge < -0.3 is 19.5 Å². The number of hydrogen-bond donors (Lipinski definition) is 1. The summed E-state index contributed by atoms with van der Waals surface area (Å²) in [6.45, 7) is 0. The summed E-state index contributed by atoms with van der Waals surface area (Å²) in [5, 5.41) is 2.84. The zero-order valence-electron chi connectivity index (χ0n) is 12.9. The number of methoxy groups -OCH3 is 3. The van der Waals surface area contributed by atoms with Crippen LogP contribution in [0.4, 0.5) is 5.69 Å². The van der Waals surface area contributed by atoms with Gasteiger partial charge in [0.2, 0.25) is 5.91 Å². The highest BCUT2D eigenvalue weighted by molar-refractivity contribution is 5.93. The SMILES string of the molecule is COc1ccc(CC(=O)Nc2ccc(OC)cc2OC)cc1. The van der Waals surface area contributed by atoms with Gasteiger partial charge in [0.1, 0.15) is 17.2 Å². The first-order chi connectivity index (χ1) is 10.7. The third-order valence-electron chi connectivity index (χ3n) is 3.21. The first-order valence-corrected chi connectivity index (χ1v) is 6.81. The van der Waals surface area contributed by atoms with E-state index in [-0.39, 0.29) is 12.3 Å². The lowest BCUT2D eigenvalue weighted by Gasteiger charge is -2.11. The zero-order chi connectivity index (χ0) is 15.9. The largest absolute Gasteiger partial charge is 0.497 e. The molecular weight excluding hydrogens is 282 g/mol. The predicted molar refractivity (Wildman–Crippen MR) is 84.9 cm³/mol. The second kappa shape index (κ2) is 7.36. The maximum atomic E-state index is 12.1. The molecule has 2 aromatic carbocycles. The van der Waals surface area contributed by atoms with Gasteiger partial charge in [-0.1, -0.05) is 12.1 Å². The maximum Gasteiger partial charge on any atom is 0.228 e. The Morgan fingerprint density at radius 2 is 1.55 bits per heavy atom. The van der Waals surface area contributed by atoms with Crippen LogP contribution < -0.4 is 19.5 Å². The summed E-state index contributed by atoms with van der Waals surface area (Å²) in [4.78, 5) is 12.1. The molecule has 0 radical (unpaired) electrons. The average molecular weight is 301 g/mol. The average Bonchev–Trinajstić information content (AvgIpc) is 2.55. The molecule has 1 amide bonds. The molecule has 5 heteroatoms. The molecule has 0 aliphatic rings. The van der Waals surface area contributed by atoms with Gasteiger partial charge in [-0.3, -0.25) is 4.79 Å². The van der Waals surface area contributed by atoms with Gasteiger partial charge in [-0.25, -0.2) is 0 Å². The summed E-state index contributed by atoms with van der Waals surface area (Å²) in [7, 11) is 4.74. The maximum absolute atomic E-state index is 12.1. The second-order valence-electron chi connectivity index (χ2n) is 4.64. The topological polar surface area (TPSA) is 56.8 Å². The minimum absolute atomic E-state index is 0.117. The predicted octanol–water partition coefficient (Wildman–Crippen LogP) is 2.89. The van der Waals surface area contributed by atoms with Crippen molar-refractivity contribution in [2.45, 2.75) is 6.42 Å². The Morgan fingerprint density at radius 1 is 0.909 bits per heavy atom. The van der Waals surface area contributed by atoms with Crippen molar-refractivity contribution in [2.75, 3.05) is 26.6 Å². The summed E-state index contributed by atoms with van der Waals surface area (Å²) in [6.07, 6.45) is 0.277. The number of carbonyl (C=O) groups is 1. The van der Waals surface area contributed by atoms with E-state index >= 15 is 0 Å². The van der Waals surface area contributed by atoms with E-state index in [0.29, 0.717) is 17.2 Å². The smallest absolute Gasteiger partial charge is 0.228 e. The number of nitrogens with one attached hydrogen (secondary N) is 1. The minimum atomic E-state index is -0.117. The Bertz CT molecular complexity index is 638. The van der Waals surface area contributed by atoms with Crippen molar-refractivity contribution in [3.8, 4) is 17.2 Å². The number of hydrogen-bond acceptors (Lipinski definition) is 4. The fourth-order valence-corrected chi connectivity index (χ4v) is 2.02. The quantitative estimate of drug-likeness (QED) is 0.891. The molecular formula is C17H19NO4. The van der Waals surface area contributed by atoms with Crippen molar-refractivity contribution in [2.24, 2.45) is 0 Å². The molecule has 0 spiro atoms. The highest BCUT2D eigenvalue weighted by Gasteiger charge is 2.09. The third kappa shape index (κ3) is 3.91. The standard InChI is InChI=1S/C17H19NO4/c1-20-13-6-4-12(5-7-13)10-17(19)18-15-9-8-14(21-2)11-16(15)22-3/h4-9,11H,10H2,1-3H3,(H,18,19). The Kier molecular flexibility index (Phi) is 5.25. The van der Waals surface area contributed by atoms with Crippen LogP contribution in [-0.2, 0) is 11.2 Å². The fraction of sp³-hybridized carbons (Fsp3) is 0.235. The van der Waals surface area contributed by atoms with E-state index in [2.05, 4.69) is 5.32 Å². The van der Waals surface area contributed by atoms with Crippen LogP contribution in [0.2, 0.25) is 0 Å². The lowest BCUT2D eigenvalue weighted by molar-refractivity contribution is -0.115. The molecule has 0 heterocycles. The van der Waals surface area contributed by atoms with Gasteiger partial charge >= 0.3 is 0 Å². The highest BCUT2D eigenvalue weighted by atomic mass is 16.5. The molecule has 0 bridgehead atoms. The molecule has 22 heavy (non-hydrogen) atoms. The highest BCUT2D eigenvalue weighted by Crippen LogP contribution is 2.29. The molecule has 0 aliphatic carbocycles. The van der Waals surface area contributed by atoms with Gasteiger partial charge in [-0.2, -0.15) is 0 Å². The fourth-order valence-electron chi connectivity index (χ4n) is 2.02. The van der Waals surface area contributed by atoms with Gasteiger partial charge in [0, 0.05) is 6.07 Å². The molecule has 0 unspecified atom stereocenters. The van der Waals surface area contributed by atoms with Crippen molar-refractivity contribution in [1.29, 1.82) is 0 Å². The Hall–Kier alpha value is -2.69. The van der Waals surface area contributed by atoms with Gasteiger partial charge in [-0.05, 0) is 29.8 Å². The van der Waals surface area contributed by atoms with Gasteiger partial charge in [0.25, 0.3) is 0 Å². The number of anilines is 1. The van der Waals surface area contributed by atoms with Crippen molar-refractivity contribution in [3.05, 3.63) is 48.0 Å². The monoisotopic (exact) mass is 301 g/mol. The van der Waals surface area contributed by atoms with Crippen LogP contribution >= 0.6 is 0 Å². The van der Waals surface area contributed by atoms with E-state index in [9.17, 15) is 4.79 Å². The number of ether oxygens (including phenoxy) is 3. The first kappa shape index (κ1) is 15.7. The van der Waals surface area contributed by atoms with Crippen LogP contribution in [0.3, 0.4) is 0 Å². The second-order valence-corrected chi connectivity index (χ2v) is 4.64. The van der Waals surface area contributed by atoms with Crippen LogP contribution in [0.25, 0.3) is 0 Å². The van der Waals surface area contributed by atoms with Crippen LogP contribution in [0.5, 0.6) is 17.2 Å². The van der Waals surface area contributed by atoms with Crippen molar-refractivity contribution in [3.63, 3.8) is 0 Å². The lowest BCUT2D eigenvalue weighted by atomic mass is 10.1. The molecule has 0 saturated heterocycles.